The van der Waals surface area contributed by atoms with Crippen LogP contribution in [0, 0.1) is 5.82 Å². The maximum atomic E-state index is 13.8. The summed E-state index contributed by atoms with van der Waals surface area (Å²) < 4.78 is 46.4. The molecule has 0 aromatic heterocycles. The summed E-state index contributed by atoms with van der Waals surface area (Å²) in [7, 11) is -2.32. The van der Waals surface area contributed by atoms with Gasteiger partial charge in [-0.05, 0) is 37.6 Å². The minimum atomic E-state index is -3.89. The first-order valence-electron chi connectivity index (χ1n) is 6.57. The molecule has 1 aliphatic heterocycles. The lowest BCUT2D eigenvalue weighted by Crippen LogP contribution is -2.52. The van der Waals surface area contributed by atoms with E-state index in [4.69, 9.17) is 4.74 Å². The number of benzene rings is 1. The minimum Gasteiger partial charge on any atom is -0.383 e. The molecule has 0 radical (unpaired) electrons. The van der Waals surface area contributed by atoms with Crippen LogP contribution in [0.2, 0.25) is 0 Å². The van der Waals surface area contributed by atoms with Crippen LogP contribution < -0.4 is 10.0 Å². The Hall–Kier alpha value is -0.540. The Balaban J connectivity index is 2.14. The van der Waals surface area contributed by atoms with Gasteiger partial charge in [-0.15, -0.1) is 0 Å². The van der Waals surface area contributed by atoms with Crippen molar-refractivity contribution in [2.45, 2.75) is 23.3 Å². The highest BCUT2D eigenvalue weighted by Gasteiger charge is 2.35. The van der Waals surface area contributed by atoms with Gasteiger partial charge in [0.2, 0.25) is 10.0 Å². The van der Waals surface area contributed by atoms with Gasteiger partial charge in [0.1, 0.15) is 10.7 Å². The van der Waals surface area contributed by atoms with Gasteiger partial charge >= 0.3 is 0 Å². The molecule has 1 aliphatic rings. The highest BCUT2D eigenvalue weighted by atomic mass is 79.9. The molecular formula is C13H18BrFN2O3S. The third-order valence-electron chi connectivity index (χ3n) is 3.54. The number of hydrogen-bond acceptors (Lipinski definition) is 4. The smallest absolute Gasteiger partial charge is 0.243 e. The average Bonchev–Trinajstić information content (AvgIpc) is 2.86. The van der Waals surface area contributed by atoms with Crippen molar-refractivity contribution in [3.8, 4) is 0 Å². The number of hydrogen-bond donors (Lipinski definition) is 2. The summed E-state index contributed by atoms with van der Waals surface area (Å²) in [4.78, 5) is -0.351. The Morgan fingerprint density at radius 2 is 2.29 bits per heavy atom. The second kappa shape index (κ2) is 6.70. The van der Waals surface area contributed by atoms with Gasteiger partial charge in [-0.3, -0.25) is 0 Å². The van der Waals surface area contributed by atoms with Crippen molar-refractivity contribution >= 4 is 26.0 Å². The van der Waals surface area contributed by atoms with E-state index in [0.717, 1.165) is 25.5 Å². The van der Waals surface area contributed by atoms with E-state index < -0.39 is 21.4 Å². The highest BCUT2D eigenvalue weighted by Crippen LogP contribution is 2.22. The molecule has 1 atom stereocenters. The third kappa shape index (κ3) is 4.01. The van der Waals surface area contributed by atoms with E-state index in [1.54, 1.807) is 7.11 Å². The molecule has 0 spiro atoms. The minimum absolute atomic E-state index is 0.165. The molecule has 1 fully saturated rings. The van der Waals surface area contributed by atoms with Crippen molar-refractivity contribution < 1.29 is 17.5 Å². The molecule has 1 aromatic carbocycles. The monoisotopic (exact) mass is 380 g/mol. The van der Waals surface area contributed by atoms with Crippen molar-refractivity contribution in [2.24, 2.45) is 0 Å². The molecule has 1 aromatic rings. The predicted molar refractivity (Wildman–Crippen MR) is 81.1 cm³/mol. The number of methoxy groups -OCH3 is 1. The standard InChI is InChI=1S/C13H18BrFN2O3S/c1-20-9-13(5-2-6-16-13)8-17-21(18,19)12-4-3-10(14)7-11(12)15/h3-4,7,16-17H,2,5-6,8-9H2,1H3. The third-order valence-corrected chi connectivity index (χ3v) is 5.46. The summed E-state index contributed by atoms with van der Waals surface area (Å²) in [6.45, 7) is 1.38. The molecule has 0 amide bonds. The second-order valence-electron chi connectivity index (χ2n) is 5.14. The van der Waals surface area contributed by atoms with Gasteiger partial charge in [-0.25, -0.2) is 17.5 Å². The predicted octanol–water partition coefficient (Wildman–Crippen LogP) is 1.64. The van der Waals surface area contributed by atoms with E-state index in [9.17, 15) is 12.8 Å². The first-order chi connectivity index (χ1) is 9.88. The Kier molecular flexibility index (Phi) is 5.37. The molecule has 21 heavy (non-hydrogen) atoms. The first kappa shape index (κ1) is 16.8. The van der Waals surface area contributed by atoms with Crippen LogP contribution >= 0.6 is 15.9 Å². The van der Waals surface area contributed by atoms with E-state index in [1.165, 1.54) is 12.1 Å². The topological polar surface area (TPSA) is 67.4 Å². The van der Waals surface area contributed by atoms with Crippen molar-refractivity contribution in [3.05, 3.63) is 28.5 Å². The number of sulfonamides is 1. The Morgan fingerprint density at radius 1 is 1.52 bits per heavy atom. The van der Waals surface area contributed by atoms with Crippen LogP contribution in [-0.2, 0) is 14.8 Å². The number of rotatable bonds is 6. The zero-order chi connectivity index (χ0) is 15.5. The lowest BCUT2D eigenvalue weighted by atomic mass is 9.99. The van der Waals surface area contributed by atoms with E-state index in [0.29, 0.717) is 11.1 Å². The van der Waals surface area contributed by atoms with Crippen LogP contribution in [0.3, 0.4) is 0 Å². The van der Waals surface area contributed by atoms with Gasteiger partial charge in [0.25, 0.3) is 0 Å². The Labute approximate surface area is 132 Å². The summed E-state index contributed by atoms with van der Waals surface area (Å²) in [6, 6.07) is 3.87. The normalized spacial score (nSPS) is 22.6. The van der Waals surface area contributed by atoms with Crippen LogP contribution in [0.5, 0.6) is 0 Å². The van der Waals surface area contributed by atoms with Gasteiger partial charge in [0.05, 0.1) is 12.1 Å². The first-order valence-corrected chi connectivity index (χ1v) is 8.85. The highest BCUT2D eigenvalue weighted by molar-refractivity contribution is 9.10. The van der Waals surface area contributed by atoms with E-state index in [1.807, 2.05) is 0 Å². The van der Waals surface area contributed by atoms with E-state index in [2.05, 4.69) is 26.0 Å². The van der Waals surface area contributed by atoms with Crippen molar-refractivity contribution in [1.82, 2.24) is 10.0 Å². The zero-order valence-electron chi connectivity index (χ0n) is 11.7. The lowest BCUT2D eigenvalue weighted by molar-refractivity contribution is 0.122. The molecule has 5 nitrogen and oxygen atoms in total. The Bertz CT molecular complexity index is 603. The fourth-order valence-corrected chi connectivity index (χ4v) is 3.99. The molecule has 0 aliphatic carbocycles. The van der Waals surface area contributed by atoms with Gasteiger partial charge in [-0.2, -0.15) is 0 Å². The zero-order valence-corrected chi connectivity index (χ0v) is 14.1. The quantitative estimate of drug-likeness (QED) is 0.786. The Morgan fingerprint density at radius 3 is 2.86 bits per heavy atom. The van der Waals surface area contributed by atoms with Crippen molar-refractivity contribution in [3.63, 3.8) is 0 Å². The van der Waals surface area contributed by atoms with E-state index >= 15 is 0 Å². The second-order valence-corrected chi connectivity index (χ2v) is 7.79. The van der Waals surface area contributed by atoms with Crippen LogP contribution in [0.25, 0.3) is 0 Å². The average molecular weight is 381 g/mol. The molecule has 2 rings (SSSR count). The fraction of sp³-hybridized carbons (Fsp3) is 0.538. The molecule has 8 heteroatoms. The number of nitrogens with one attached hydrogen (secondary N) is 2. The maximum Gasteiger partial charge on any atom is 0.243 e. The summed E-state index contributed by atoms with van der Waals surface area (Å²) in [5, 5.41) is 3.27. The molecular weight excluding hydrogens is 363 g/mol. The maximum absolute atomic E-state index is 13.8. The lowest BCUT2D eigenvalue weighted by Gasteiger charge is -2.28. The largest absolute Gasteiger partial charge is 0.383 e. The fourth-order valence-electron chi connectivity index (χ4n) is 2.47. The van der Waals surface area contributed by atoms with Crippen molar-refractivity contribution in [2.75, 3.05) is 26.8 Å². The van der Waals surface area contributed by atoms with Gasteiger partial charge < -0.3 is 10.1 Å². The molecule has 1 unspecified atom stereocenters. The molecule has 0 bridgehead atoms. The molecule has 1 saturated heterocycles. The number of halogens is 2. The number of ether oxygens (including phenoxy) is 1. The van der Waals surface area contributed by atoms with Crippen LogP contribution in [0.15, 0.2) is 27.6 Å². The molecule has 1 heterocycles. The molecule has 0 saturated carbocycles. The van der Waals surface area contributed by atoms with E-state index in [-0.39, 0.29) is 11.4 Å². The van der Waals surface area contributed by atoms with Gasteiger partial charge in [0, 0.05) is 18.1 Å². The SMILES string of the molecule is COCC1(CNS(=O)(=O)c2ccc(Br)cc2F)CCCN1. The van der Waals surface area contributed by atoms with Crippen molar-refractivity contribution in [1.29, 1.82) is 0 Å². The molecule has 118 valence electrons. The summed E-state index contributed by atoms with van der Waals surface area (Å²) in [6.07, 6.45) is 1.77. The van der Waals surface area contributed by atoms with Crippen LogP contribution in [0.4, 0.5) is 4.39 Å². The van der Waals surface area contributed by atoms with Crippen LogP contribution in [-0.4, -0.2) is 40.8 Å². The van der Waals surface area contributed by atoms with Gasteiger partial charge in [0.15, 0.2) is 0 Å². The molecule has 2 N–H and O–H groups in total. The van der Waals surface area contributed by atoms with Gasteiger partial charge in [-0.1, -0.05) is 15.9 Å². The van der Waals surface area contributed by atoms with Crippen LogP contribution in [0.1, 0.15) is 12.8 Å². The summed E-state index contributed by atoms with van der Waals surface area (Å²) >= 11 is 3.10. The summed E-state index contributed by atoms with van der Waals surface area (Å²) in [5.74, 6) is -0.781. The summed E-state index contributed by atoms with van der Waals surface area (Å²) in [5.41, 5.74) is -0.423.